The van der Waals surface area contributed by atoms with E-state index in [0.717, 1.165) is 19.3 Å². The Labute approximate surface area is 193 Å². The van der Waals surface area contributed by atoms with Gasteiger partial charge in [-0.1, -0.05) is 69.9 Å². The lowest BCUT2D eigenvalue weighted by molar-refractivity contribution is -0.126. The number of fused-ring (bicyclic) bond motifs is 1. The smallest absolute Gasteiger partial charge is 0.259 e. The average molecular weight is 462 g/mol. The average Bonchev–Trinajstić information content (AvgIpc) is 2.78. The van der Waals surface area contributed by atoms with Gasteiger partial charge in [-0.2, -0.15) is 5.10 Å². The summed E-state index contributed by atoms with van der Waals surface area (Å²) >= 11 is 5.92. The topological polar surface area (TPSA) is 101 Å². The summed E-state index contributed by atoms with van der Waals surface area (Å²) in [5.41, 5.74) is 2.57. The summed E-state index contributed by atoms with van der Waals surface area (Å²) in [5, 5.41) is 7.09. The van der Waals surface area contributed by atoms with Crippen molar-refractivity contribution in [3.63, 3.8) is 0 Å². The Kier molecular flexibility index (Phi) is 11.5. The standard InChI is InChI=1S/C24H32ClN3O4/c1-2-3-4-5-6-7-8-9-10-11-22(29)26-16-23(30)28-27-15-18-17-32-21-13-12-19(25)14-20(21)24(18)31/h12-15,17H,2-11,16H2,1H3,(H,26,29)(H,28,30)/b27-15+. The number of hydrogen-bond acceptors (Lipinski definition) is 5. The van der Waals surface area contributed by atoms with Crippen molar-refractivity contribution in [1.82, 2.24) is 10.7 Å². The molecule has 0 aliphatic carbocycles. The summed E-state index contributed by atoms with van der Waals surface area (Å²) in [6.45, 7) is 2.04. The lowest BCUT2D eigenvalue weighted by atomic mass is 10.1. The van der Waals surface area contributed by atoms with Gasteiger partial charge < -0.3 is 9.73 Å². The van der Waals surface area contributed by atoms with E-state index in [1.165, 1.54) is 57.1 Å². The van der Waals surface area contributed by atoms with Crippen molar-refractivity contribution in [1.29, 1.82) is 0 Å². The molecule has 2 amide bonds. The van der Waals surface area contributed by atoms with Gasteiger partial charge in [0, 0.05) is 11.4 Å². The van der Waals surface area contributed by atoms with Gasteiger partial charge in [-0.15, -0.1) is 0 Å². The minimum atomic E-state index is -0.477. The van der Waals surface area contributed by atoms with Gasteiger partial charge in [-0.3, -0.25) is 14.4 Å². The maximum absolute atomic E-state index is 12.4. The zero-order chi connectivity index (χ0) is 23.2. The summed E-state index contributed by atoms with van der Waals surface area (Å²) in [6, 6.07) is 4.76. The molecule has 2 aromatic rings. The van der Waals surface area contributed by atoms with Crippen molar-refractivity contribution in [2.75, 3.05) is 6.54 Å². The van der Waals surface area contributed by atoms with Gasteiger partial charge in [0.2, 0.25) is 11.3 Å². The quantitative estimate of drug-likeness (QED) is 0.236. The predicted molar refractivity (Wildman–Crippen MR) is 128 cm³/mol. The van der Waals surface area contributed by atoms with E-state index < -0.39 is 5.91 Å². The van der Waals surface area contributed by atoms with E-state index in [9.17, 15) is 14.4 Å². The zero-order valence-corrected chi connectivity index (χ0v) is 19.4. The van der Waals surface area contributed by atoms with E-state index in [0.29, 0.717) is 22.4 Å². The van der Waals surface area contributed by atoms with Crippen molar-refractivity contribution in [2.24, 2.45) is 5.10 Å². The van der Waals surface area contributed by atoms with Gasteiger partial charge in [-0.05, 0) is 24.6 Å². The number of carbonyl (C=O) groups excluding carboxylic acids is 2. The van der Waals surface area contributed by atoms with Crippen molar-refractivity contribution in [2.45, 2.75) is 71.1 Å². The maximum atomic E-state index is 12.4. The number of benzene rings is 1. The lowest BCUT2D eigenvalue weighted by Crippen LogP contribution is -2.34. The van der Waals surface area contributed by atoms with E-state index in [2.05, 4.69) is 22.8 Å². The Hall–Kier alpha value is -2.67. The zero-order valence-electron chi connectivity index (χ0n) is 18.6. The molecule has 0 saturated carbocycles. The highest BCUT2D eigenvalue weighted by Gasteiger charge is 2.07. The molecule has 2 rings (SSSR count). The number of halogens is 1. The Morgan fingerprint density at radius 3 is 2.44 bits per heavy atom. The first kappa shape index (κ1) is 25.6. The molecule has 1 aromatic heterocycles. The molecular weight excluding hydrogens is 430 g/mol. The Morgan fingerprint density at radius 1 is 1.03 bits per heavy atom. The van der Waals surface area contributed by atoms with Crippen LogP contribution in [0.2, 0.25) is 5.02 Å². The molecule has 2 N–H and O–H groups in total. The fourth-order valence-corrected chi connectivity index (χ4v) is 3.46. The van der Waals surface area contributed by atoms with Crippen LogP contribution in [0.5, 0.6) is 0 Å². The van der Waals surface area contributed by atoms with E-state index >= 15 is 0 Å². The molecule has 0 radical (unpaired) electrons. The summed E-state index contributed by atoms with van der Waals surface area (Å²) in [5.74, 6) is -0.631. The normalized spacial score (nSPS) is 11.2. The SMILES string of the molecule is CCCCCCCCCCCC(=O)NCC(=O)N/N=C/c1coc2ccc(Cl)cc2c1=O. The number of nitrogens with zero attached hydrogens (tertiary/aromatic N) is 1. The molecule has 0 unspecified atom stereocenters. The number of nitrogens with one attached hydrogen (secondary N) is 2. The van der Waals surface area contributed by atoms with Gasteiger partial charge in [0.05, 0.1) is 23.7 Å². The second-order valence-electron chi connectivity index (χ2n) is 7.81. The first-order chi connectivity index (χ1) is 15.5. The van der Waals surface area contributed by atoms with Crippen LogP contribution in [-0.2, 0) is 9.59 Å². The highest BCUT2D eigenvalue weighted by molar-refractivity contribution is 6.31. The third-order valence-corrected chi connectivity index (χ3v) is 5.34. The lowest BCUT2D eigenvalue weighted by Gasteiger charge is -2.05. The van der Waals surface area contributed by atoms with Crippen molar-refractivity contribution < 1.29 is 14.0 Å². The fraction of sp³-hybridized carbons (Fsp3) is 0.500. The van der Waals surface area contributed by atoms with E-state index in [-0.39, 0.29) is 23.4 Å². The van der Waals surface area contributed by atoms with Gasteiger partial charge in [0.25, 0.3) is 5.91 Å². The summed E-state index contributed by atoms with van der Waals surface area (Å²) in [7, 11) is 0. The van der Waals surface area contributed by atoms with Crippen LogP contribution in [0.3, 0.4) is 0 Å². The van der Waals surface area contributed by atoms with E-state index in [1.54, 1.807) is 12.1 Å². The van der Waals surface area contributed by atoms with Crippen LogP contribution in [0.4, 0.5) is 0 Å². The highest BCUT2D eigenvalue weighted by atomic mass is 35.5. The molecule has 8 heteroatoms. The maximum Gasteiger partial charge on any atom is 0.259 e. The second-order valence-corrected chi connectivity index (χ2v) is 8.25. The molecule has 0 saturated heterocycles. The third kappa shape index (κ3) is 9.22. The van der Waals surface area contributed by atoms with Crippen molar-refractivity contribution in [3.05, 3.63) is 45.3 Å². The molecule has 0 atom stereocenters. The van der Waals surface area contributed by atoms with Crippen molar-refractivity contribution >= 4 is 40.6 Å². The molecule has 0 fully saturated rings. The van der Waals surface area contributed by atoms with Crippen LogP contribution < -0.4 is 16.2 Å². The molecule has 1 heterocycles. The van der Waals surface area contributed by atoms with Crippen LogP contribution in [0.1, 0.15) is 76.7 Å². The number of amides is 2. The van der Waals surface area contributed by atoms with E-state index in [4.69, 9.17) is 16.0 Å². The molecule has 0 aliphatic rings. The number of unbranched alkanes of at least 4 members (excludes halogenated alkanes) is 8. The van der Waals surface area contributed by atoms with Crippen LogP contribution in [0.25, 0.3) is 11.0 Å². The third-order valence-electron chi connectivity index (χ3n) is 5.11. The molecule has 0 aliphatic heterocycles. The van der Waals surface area contributed by atoms with Gasteiger partial charge in [0.15, 0.2) is 0 Å². The monoisotopic (exact) mass is 461 g/mol. The molecule has 0 spiro atoms. The fourth-order valence-electron chi connectivity index (χ4n) is 3.28. The Balaban J connectivity index is 1.62. The Morgan fingerprint density at radius 2 is 1.72 bits per heavy atom. The van der Waals surface area contributed by atoms with Crippen LogP contribution in [-0.4, -0.2) is 24.6 Å². The number of hydrogen-bond donors (Lipinski definition) is 2. The highest BCUT2D eigenvalue weighted by Crippen LogP contribution is 2.16. The molecule has 174 valence electrons. The molecule has 1 aromatic carbocycles. The van der Waals surface area contributed by atoms with Gasteiger partial charge in [-0.25, -0.2) is 5.43 Å². The Bertz CT molecular complexity index is 971. The van der Waals surface area contributed by atoms with Gasteiger partial charge >= 0.3 is 0 Å². The van der Waals surface area contributed by atoms with Crippen LogP contribution in [0, 0.1) is 0 Å². The van der Waals surface area contributed by atoms with Crippen LogP contribution >= 0.6 is 11.6 Å². The summed E-state index contributed by atoms with van der Waals surface area (Å²) in [6.07, 6.45) is 13.5. The second kappa shape index (κ2) is 14.4. The molecule has 32 heavy (non-hydrogen) atoms. The number of carbonyl (C=O) groups is 2. The van der Waals surface area contributed by atoms with E-state index in [1.807, 2.05) is 0 Å². The minimum Gasteiger partial charge on any atom is -0.463 e. The summed E-state index contributed by atoms with van der Waals surface area (Å²) in [4.78, 5) is 36.1. The van der Waals surface area contributed by atoms with Gasteiger partial charge in [0.1, 0.15) is 11.8 Å². The molecule has 7 nitrogen and oxygen atoms in total. The first-order valence-electron chi connectivity index (χ1n) is 11.3. The number of hydrazone groups is 1. The minimum absolute atomic E-state index is 0.154. The number of rotatable bonds is 14. The first-order valence-corrected chi connectivity index (χ1v) is 11.7. The molecular formula is C24H32ClN3O4. The summed E-state index contributed by atoms with van der Waals surface area (Å²) < 4.78 is 5.38. The molecule has 0 bridgehead atoms. The van der Waals surface area contributed by atoms with Crippen LogP contribution in [0.15, 0.2) is 38.8 Å². The van der Waals surface area contributed by atoms with Crippen molar-refractivity contribution in [3.8, 4) is 0 Å². The predicted octanol–water partition coefficient (Wildman–Crippen LogP) is 4.93. The largest absolute Gasteiger partial charge is 0.463 e.